The zero-order valence-electron chi connectivity index (χ0n) is 15.6. The van der Waals surface area contributed by atoms with E-state index in [4.69, 9.17) is 4.98 Å². The average molecular weight is 390 g/mol. The van der Waals surface area contributed by atoms with Gasteiger partial charge in [0.05, 0.1) is 12.3 Å². The van der Waals surface area contributed by atoms with Crippen molar-refractivity contribution in [2.75, 3.05) is 12.8 Å². The third kappa shape index (κ3) is 4.39. The minimum absolute atomic E-state index is 0.0670. The second-order valence-corrected chi connectivity index (χ2v) is 9.52. The van der Waals surface area contributed by atoms with Gasteiger partial charge in [-0.2, -0.15) is 5.10 Å². The van der Waals surface area contributed by atoms with Gasteiger partial charge in [0.2, 0.25) is 10.0 Å². The van der Waals surface area contributed by atoms with Crippen molar-refractivity contribution in [3.63, 3.8) is 0 Å². The van der Waals surface area contributed by atoms with Gasteiger partial charge in [-0.05, 0) is 19.3 Å². The number of hydrogen-bond donors (Lipinski definition) is 2. The van der Waals surface area contributed by atoms with Gasteiger partial charge in [0.15, 0.2) is 5.82 Å². The van der Waals surface area contributed by atoms with Crippen molar-refractivity contribution in [2.45, 2.75) is 56.7 Å². The number of nitrogens with zero attached hydrogens (tertiary/aromatic N) is 3. The van der Waals surface area contributed by atoms with E-state index >= 15 is 0 Å². The summed E-state index contributed by atoms with van der Waals surface area (Å²) in [6.45, 7) is 0.726. The van der Waals surface area contributed by atoms with Crippen molar-refractivity contribution in [1.82, 2.24) is 24.8 Å². The molecule has 1 aliphatic carbocycles. The van der Waals surface area contributed by atoms with Gasteiger partial charge in [0, 0.05) is 24.2 Å². The predicted octanol–water partition coefficient (Wildman–Crippen LogP) is 2.47. The molecule has 146 valence electrons. The summed E-state index contributed by atoms with van der Waals surface area (Å²) in [5.74, 6) is 1.52. The Morgan fingerprint density at radius 3 is 2.59 bits per heavy atom. The first-order chi connectivity index (χ1) is 13.0. The summed E-state index contributed by atoms with van der Waals surface area (Å²) in [6, 6.07) is 10.4. The molecule has 1 aromatic carbocycles. The van der Waals surface area contributed by atoms with Crippen LogP contribution in [0, 0.1) is 0 Å². The molecular weight excluding hydrogens is 362 g/mol. The largest absolute Gasteiger partial charge is 0.289 e. The van der Waals surface area contributed by atoms with Crippen LogP contribution in [0.5, 0.6) is 0 Å². The third-order valence-corrected chi connectivity index (χ3v) is 6.38. The number of aromatic amines is 1. The molecule has 2 aliphatic rings. The quantitative estimate of drug-likeness (QED) is 0.820. The lowest BCUT2D eigenvalue weighted by atomic mass is 9.93. The lowest BCUT2D eigenvalue weighted by Crippen LogP contribution is -2.40. The highest BCUT2D eigenvalue weighted by Crippen LogP contribution is 2.37. The summed E-state index contributed by atoms with van der Waals surface area (Å²) < 4.78 is 26.3. The first-order valence-electron chi connectivity index (χ1n) is 9.70. The van der Waals surface area contributed by atoms with Crippen LogP contribution in [0.4, 0.5) is 0 Å². The molecule has 2 N–H and O–H groups in total. The molecule has 4 rings (SSSR count). The van der Waals surface area contributed by atoms with Gasteiger partial charge in [0.25, 0.3) is 0 Å². The second-order valence-electron chi connectivity index (χ2n) is 7.74. The molecule has 2 aromatic rings. The lowest BCUT2D eigenvalue weighted by molar-refractivity contribution is 0.137. The van der Waals surface area contributed by atoms with E-state index in [1.807, 2.05) is 30.3 Å². The summed E-state index contributed by atoms with van der Waals surface area (Å²) in [6.07, 6.45) is 8.05. The molecule has 2 fully saturated rings. The molecule has 1 saturated carbocycles. The smallest absolute Gasteiger partial charge is 0.208 e. The highest BCUT2D eigenvalue weighted by Gasteiger charge is 2.40. The molecule has 1 aliphatic heterocycles. The molecule has 8 heteroatoms. The van der Waals surface area contributed by atoms with Crippen LogP contribution in [0.3, 0.4) is 0 Å². The number of hydrogen-bond acceptors (Lipinski definition) is 5. The van der Waals surface area contributed by atoms with E-state index in [9.17, 15) is 8.42 Å². The normalized spacial score (nSPS) is 25.1. The Morgan fingerprint density at radius 1 is 1.15 bits per heavy atom. The van der Waals surface area contributed by atoms with E-state index in [2.05, 4.69) is 19.8 Å². The molecule has 0 unspecified atom stereocenters. The van der Waals surface area contributed by atoms with Gasteiger partial charge in [-0.1, -0.05) is 49.6 Å². The molecule has 7 nitrogen and oxygen atoms in total. The van der Waals surface area contributed by atoms with E-state index in [1.165, 1.54) is 38.4 Å². The van der Waals surface area contributed by atoms with Crippen LogP contribution < -0.4 is 4.72 Å². The summed E-state index contributed by atoms with van der Waals surface area (Å²) in [7, 11) is -3.23. The molecule has 0 spiro atoms. The SMILES string of the molecule is CS(=O)(=O)N[C@H]1C[C@@H](c2nc(-c3ccccc3)n[nH]2)N(C2CCCCC2)C1. The van der Waals surface area contributed by atoms with Crippen molar-refractivity contribution in [3.8, 4) is 11.4 Å². The maximum absolute atomic E-state index is 11.7. The number of benzene rings is 1. The monoisotopic (exact) mass is 389 g/mol. The number of nitrogens with one attached hydrogen (secondary N) is 2. The van der Waals surface area contributed by atoms with E-state index in [-0.39, 0.29) is 12.1 Å². The number of H-pyrrole nitrogens is 1. The second kappa shape index (κ2) is 7.69. The first-order valence-corrected chi connectivity index (χ1v) is 11.6. The van der Waals surface area contributed by atoms with Crippen LogP contribution in [-0.2, 0) is 10.0 Å². The van der Waals surface area contributed by atoms with Crippen molar-refractivity contribution in [1.29, 1.82) is 0 Å². The zero-order valence-corrected chi connectivity index (χ0v) is 16.5. The van der Waals surface area contributed by atoms with Gasteiger partial charge in [-0.3, -0.25) is 10.00 Å². The molecule has 1 aromatic heterocycles. The Kier molecular flexibility index (Phi) is 5.29. The number of sulfonamides is 1. The minimum atomic E-state index is -3.23. The van der Waals surface area contributed by atoms with Crippen molar-refractivity contribution < 1.29 is 8.42 Å². The topological polar surface area (TPSA) is 91.0 Å². The van der Waals surface area contributed by atoms with Gasteiger partial charge >= 0.3 is 0 Å². The molecule has 0 amide bonds. The highest BCUT2D eigenvalue weighted by molar-refractivity contribution is 7.88. The molecule has 0 radical (unpaired) electrons. The zero-order chi connectivity index (χ0) is 18.9. The van der Waals surface area contributed by atoms with Crippen LogP contribution in [0.1, 0.15) is 50.4 Å². The fourth-order valence-corrected chi connectivity index (χ4v) is 5.25. The van der Waals surface area contributed by atoms with Crippen LogP contribution in [0.2, 0.25) is 0 Å². The average Bonchev–Trinajstić information content (AvgIpc) is 3.29. The fraction of sp³-hybridized carbons (Fsp3) is 0.579. The van der Waals surface area contributed by atoms with Gasteiger partial charge in [-0.25, -0.2) is 18.1 Å². The van der Waals surface area contributed by atoms with Crippen molar-refractivity contribution >= 4 is 10.0 Å². The van der Waals surface area contributed by atoms with Crippen LogP contribution in [0.15, 0.2) is 30.3 Å². The molecule has 27 heavy (non-hydrogen) atoms. The fourth-order valence-electron chi connectivity index (χ4n) is 4.47. The molecule has 0 bridgehead atoms. The summed E-state index contributed by atoms with van der Waals surface area (Å²) in [5.41, 5.74) is 0.980. The number of likely N-dealkylation sites (tertiary alicyclic amines) is 1. The van der Waals surface area contributed by atoms with E-state index in [0.29, 0.717) is 18.3 Å². The van der Waals surface area contributed by atoms with Gasteiger partial charge < -0.3 is 0 Å². The summed E-state index contributed by atoms with van der Waals surface area (Å²) >= 11 is 0. The van der Waals surface area contributed by atoms with Crippen LogP contribution >= 0.6 is 0 Å². The highest BCUT2D eigenvalue weighted by atomic mass is 32.2. The summed E-state index contributed by atoms with van der Waals surface area (Å²) in [4.78, 5) is 7.19. The van der Waals surface area contributed by atoms with E-state index in [0.717, 1.165) is 17.9 Å². The van der Waals surface area contributed by atoms with Gasteiger partial charge in [0.1, 0.15) is 5.82 Å². The Labute approximate surface area is 160 Å². The molecule has 2 heterocycles. The standard InChI is InChI=1S/C19H27N5O2S/c1-27(25,26)23-15-12-17(24(13-15)16-10-6-3-7-11-16)19-20-18(21-22-19)14-8-4-2-5-9-14/h2,4-5,8-9,15-17,23H,3,6-7,10-13H2,1H3,(H,20,21,22)/t15-,17-/m0/s1. The van der Waals surface area contributed by atoms with Crippen LogP contribution in [0.25, 0.3) is 11.4 Å². The van der Waals surface area contributed by atoms with E-state index in [1.54, 1.807) is 0 Å². The first kappa shape index (κ1) is 18.6. The lowest BCUT2D eigenvalue weighted by Gasteiger charge is -2.34. The van der Waals surface area contributed by atoms with E-state index < -0.39 is 10.0 Å². The maximum Gasteiger partial charge on any atom is 0.208 e. The van der Waals surface area contributed by atoms with Crippen LogP contribution in [-0.4, -0.2) is 53.4 Å². The Bertz CT molecular complexity index is 861. The number of rotatable bonds is 5. The Hall–Kier alpha value is -1.77. The van der Waals surface area contributed by atoms with Crippen molar-refractivity contribution in [3.05, 3.63) is 36.2 Å². The third-order valence-electron chi connectivity index (χ3n) is 5.61. The number of aromatic nitrogens is 3. The summed E-state index contributed by atoms with van der Waals surface area (Å²) in [5, 5.41) is 7.53. The van der Waals surface area contributed by atoms with Gasteiger partial charge in [-0.15, -0.1) is 0 Å². The maximum atomic E-state index is 11.7. The molecular formula is C19H27N5O2S. The Morgan fingerprint density at radius 2 is 1.89 bits per heavy atom. The predicted molar refractivity (Wildman–Crippen MR) is 105 cm³/mol. The Balaban J connectivity index is 1.58. The molecule has 1 saturated heterocycles. The molecule has 2 atom stereocenters. The van der Waals surface area contributed by atoms with Crippen molar-refractivity contribution in [2.24, 2.45) is 0 Å². The minimum Gasteiger partial charge on any atom is -0.289 e.